The van der Waals surface area contributed by atoms with Crippen LogP contribution in [0, 0.1) is 0 Å². The fourth-order valence-electron chi connectivity index (χ4n) is 1.52. The van der Waals surface area contributed by atoms with Gasteiger partial charge in [0, 0.05) is 13.1 Å². The van der Waals surface area contributed by atoms with Gasteiger partial charge in [-0.05, 0) is 25.5 Å². The fourth-order valence-corrected chi connectivity index (χ4v) is 1.52. The minimum absolute atomic E-state index is 0.0504. The Morgan fingerprint density at radius 1 is 1.18 bits per heavy atom. The zero-order valence-electron chi connectivity index (χ0n) is 10.5. The molecule has 0 aliphatic carbocycles. The van der Waals surface area contributed by atoms with Gasteiger partial charge in [0.2, 0.25) is 5.91 Å². The van der Waals surface area contributed by atoms with Crippen LogP contribution in [-0.4, -0.2) is 17.4 Å². The van der Waals surface area contributed by atoms with Gasteiger partial charge >= 0.3 is 0 Å². The second-order valence-electron chi connectivity index (χ2n) is 3.77. The summed E-state index contributed by atoms with van der Waals surface area (Å²) in [5.41, 5.74) is 1.15. The molecule has 0 bridgehead atoms. The van der Waals surface area contributed by atoms with Crippen LogP contribution in [0.25, 0.3) is 0 Å². The number of allylic oxidation sites excluding steroid dienone is 2. The molecule has 1 amide bonds. The van der Waals surface area contributed by atoms with Crippen LogP contribution in [0.4, 0.5) is 0 Å². The third kappa shape index (κ3) is 4.68. The van der Waals surface area contributed by atoms with Crippen molar-refractivity contribution in [3.05, 3.63) is 60.2 Å². The lowest BCUT2D eigenvalue weighted by atomic mass is 10.2. The average Bonchev–Trinajstić information content (AvgIpc) is 2.36. The molecule has 0 heterocycles. The van der Waals surface area contributed by atoms with Crippen molar-refractivity contribution in [1.82, 2.24) is 4.90 Å². The molecule has 0 atom stereocenters. The standard InChI is InChI=1S/C15H19NO/c1-3-5-12-16(15(17)9-4-2)13-14-10-7-6-8-11-14/h3-11H,12-13H2,1-2H3/b5-3+,9-4+. The lowest BCUT2D eigenvalue weighted by Crippen LogP contribution is -2.29. The number of amides is 1. The summed E-state index contributed by atoms with van der Waals surface area (Å²) in [5, 5.41) is 0. The first-order valence-corrected chi connectivity index (χ1v) is 5.84. The summed E-state index contributed by atoms with van der Waals surface area (Å²) < 4.78 is 0. The molecule has 0 saturated carbocycles. The minimum atomic E-state index is 0.0504. The van der Waals surface area contributed by atoms with E-state index < -0.39 is 0 Å². The highest BCUT2D eigenvalue weighted by Crippen LogP contribution is 2.05. The third-order valence-corrected chi connectivity index (χ3v) is 2.40. The molecule has 90 valence electrons. The summed E-state index contributed by atoms with van der Waals surface area (Å²) in [6, 6.07) is 10.0. The number of hydrogen-bond donors (Lipinski definition) is 0. The van der Waals surface area contributed by atoms with Crippen LogP contribution in [0.2, 0.25) is 0 Å². The molecular formula is C15H19NO. The van der Waals surface area contributed by atoms with E-state index in [2.05, 4.69) is 0 Å². The first-order valence-electron chi connectivity index (χ1n) is 5.84. The normalized spacial score (nSPS) is 11.2. The maximum atomic E-state index is 11.9. The van der Waals surface area contributed by atoms with Gasteiger partial charge in [-0.1, -0.05) is 48.6 Å². The Balaban J connectivity index is 2.73. The van der Waals surface area contributed by atoms with E-state index >= 15 is 0 Å². The number of carbonyl (C=O) groups excluding carboxylic acids is 1. The van der Waals surface area contributed by atoms with Crippen molar-refractivity contribution in [2.75, 3.05) is 6.54 Å². The van der Waals surface area contributed by atoms with E-state index in [9.17, 15) is 4.79 Å². The molecule has 2 heteroatoms. The van der Waals surface area contributed by atoms with E-state index in [-0.39, 0.29) is 5.91 Å². The molecule has 0 N–H and O–H groups in total. The second kappa shape index (κ2) is 7.44. The molecule has 17 heavy (non-hydrogen) atoms. The highest BCUT2D eigenvalue weighted by molar-refractivity contribution is 5.87. The van der Waals surface area contributed by atoms with Gasteiger partial charge in [-0.3, -0.25) is 4.79 Å². The first-order chi connectivity index (χ1) is 8.27. The first kappa shape index (κ1) is 13.2. The van der Waals surface area contributed by atoms with Crippen molar-refractivity contribution < 1.29 is 4.79 Å². The molecule has 0 spiro atoms. The lowest BCUT2D eigenvalue weighted by molar-refractivity contribution is -0.126. The van der Waals surface area contributed by atoms with E-state index in [0.717, 1.165) is 5.56 Å². The van der Waals surface area contributed by atoms with Crippen molar-refractivity contribution in [1.29, 1.82) is 0 Å². The number of nitrogens with zero attached hydrogens (tertiary/aromatic N) is 1. The van der Waals surface area contributed by atoms with E-state index in [1.165, 1.54) is 0 Å². The van der Waals surface area contributed by atoms with E-state index in [1.54, 1.807) is 12.2 Å². The predicted octanol–water partition coefficient (Wildman–Crippen LogP) is 3.17. The average molecular weight is 229 g/mol. The van der Waals surface area contributed by atoms with Crippen LogP contribution in [0.5, 0.6) is 0 Å². The summed E-state index contributed by atoms with van der Waals surface area (Å²) >= 11 is 0. The van der Waals surface area contributed by atoms with E-state index in [0.29, 0.717) is 13.1 Å². The van der Waals surface area contributed by atoms with Gasteiger partial charge in [0.25, 0.3) is 0 Å². The van der Waals surface area contributed by atoms with Gasteiger partial charge in [-0.15, -0.1) is 0 Å². The molecule has 0 aliphatic heterocycles. The second-order valence-corrected chi connectivity index (χ2v) is 3.77. The number of rotatable bonds is 5. The van der Waals surface area contributed by atoms with Crippen LogP contribution >= 0.6 is 0 Å². The monoisotopic (exact) mass is 229 g/mol. The zero-order valence-corrected chi connectivity index (χ0v) is 10.5. The third-order valence-electron chi connectivity index (χ3n) is 2.40. The Morgan fingerprint density at radius 2 is 1.88 bits per heavy atom. The molecule has 1 aromatic carbocycles. The SMILES string of the molecule is C/C=C/CN(Cc1ccccc1)C(=O)/C=C/C. The summed E-state index contributed by atoms with van der Waals surface area (Å²) in [4.78, 5) is 13.7. The van der Waals surface area contributed by atoms with Gasteiger partial charge in [0.15, 0.2) is 0 Å². The Labute approximate surface area is 103 Å². The maximum Gasteiger partial charge on any atom is 0.246 e. The molecule has 0 saturated heterocycles. The van der Waals surface area contributed by atoms with Crippen molar-refractivity contribution in [2.45, 2.75) is 20.4 Å². The molecule has 0 fully saturated rings. The minimum Gasteiger partial charge on any atom is -0.331 e. The highest BCUT2D eigenvalue weighted by Gasteiger charge is 2.08. The number of benzene rings is 1. The molecule has 0 aliphatic rings. The molecule has 0 aromatic heterocycles. The highest BCUT2D eigenvalue weighted by atomic mass is 16.2. The van der Waals surface area contributed by atoms with E-state index in [4.69, 9.17) is 0 Å². The Bertz CT molecular complexity index is 393. The molecular weight excluding hydrogens is 210 g/mol. The smallest absolute Gasteiger partial charge is 0.246 e. The maximum absolute atomic E-state index is 11.9. The van der Waals surface area contributed by atoms with Gasteiger partial charge in [0.05, 0.1) is 0 Å². The number of hydrogen-bond acceptors (Lipinski definition) is 1. The predicted molar refractivity (Wildman–Crippen MR) is 71.5 cm³/mol. The van der Waals surface area contributed by atoms with Crippen LogP contribution in [0.15, 0.2) is 54.6 Å². The molecule has 0 radical (unpaired) electrons. The summed E-state index contributed by atoms with van der Waals surface area (Å²) in [6.07, 6.45) is 7.33. The Hall–Kier alpha value is -1.83. The van der Waals surface area contributed by atoms with Crippen molar-refractivity contribution in [3.8, 4) is 0 Å². The van der Waals surface area contributed by atoms with E-state index in [1.807, 2.05) is 61.2 Å². The summed E-state index contributed by atoms with van der Waals surface area (Å²) in [5.74, 6) is 0.0504. The molecule has 1 aromatic rings. The quantitative estimate of drug-likeness (QED) is 0.561. The Kier molecular flexibility index (Phi) is 5.80. The topological polar surface area (TPSA) is 20.3 Å². The van der Waals surface area contributed by atoms with Gasteiger partial charge < -0.3 is 4.90 Å². The molecule has 1 rings (SSSR count). The van der Waals surface area contributed by atoms with Crippen molar-refractivity contribution in [3.63, 3.8) is 0 Å². The van der Waals surface area contributed by atoms with Gasteiger partial charge in [-0.25, -0.2) is 0 Å². The van der Waals surface area contributed by atoms with Gasteiger partial charge in [-0.2, -0.15) is 0 Å². The van der Waals surface area contributed by atoms with Crippen LogP contribution in [0.3, 0.4) is 0 Å². The van der Waals surface area contributed by atoms with Gasteiger partial charge in [0.1, 0.15) is 0 Å². The van der Waals surface area contributed by atoms with Crippen molar-refractivity contribution in [2.24, 2.45) is 0 Å². The number of carbonyl (C=O) groups is 1. The zero-order chi connectivity index (χ0) is 12.5. The largest absolute Gasteiger partial charge is 0.331 e. The lowest BCUT2D eigenvalue weighted by Gasteiger charge is -2.19. The Morgan fingerprint density at radius 3 is 2.47 bits per heavy atom. The molecule has 0 unspecified atom stereocenters. The van der Waals surface area contributed by atoms with Crippen LogP contribution in [-0.2, 0) is 11.3 Å². The fraction of sp³-hybridized carbons (Fsp3) is 0.267. The van der Waals surface area contributed by atoms with Crippen molar-refractivity contribution >= 4 is 5.91 Å². The summed E-state index contributed by atoms with van der Waals surface area (Å²) in [7, 11) is 0. The van der Waals surface area contributed by atoms with Crippen LogP contribution < -0.4 is 0 Å². The summed E-state index contributed by atoms with van der Waals surface area (Å²) in [6.45, 7) is 5.11. The van der Waals surface area contributed by atoms with Crippen LogP contribution in [0.1, 0.15) is 19.4 Å². The molecule has 2 nitrogen and oxygen atoms in total.